The van der Waals surface area contributed by atoms with Crippen LogP contribution >= 0.6 is 11.3 Å². The number of para-hydroxylation sites is 2. The first kappa shape index (κ1) is 27.7. The van der Waals surface area contributed by atoms with E-state index >= 15 is 0 Å². The smallest absolute Gasteiger partial charge is 0.260 e. The number of fused-ring (bicyclic) bond motifs is 2. The summed E-state index contributed by atoms with van der Waals surface area (Å²) in [5, 5.41) is 12.9. The highest BCUT2D eigenvalue weighted by molar-refractivity contribution is 7.22. The van der Waals surface area contributed by atoms with Crippen molar-refractivity contribution >= 4 is 43.6 Å². The van der Waals surface area contributed by atoms with Crippen LogP contribution in [0.4, 0.5) is 5.13 Å². The molecule has 1 aliphatic rings. The first-order valence-electron chi connectivity index (χ1n) is 13.5. The Balaban J connectivity index is 0.000000343. The van der Waals surface area contributed by atoms with Crippen molar-refractivity contribution in [3.05, 3.63) is 78.3 Å². The van der Waals surface area contributed by atoms with Gasteiger partial charge in [0.05, 0.1) is 28.9 Å². The summed E-state index contributed by atoms with van der Waals surface area (Å²) < 4.78 is 12.5. The number of benzene rings is 2. The van der Waals surface area contributed by atoms with Gasteiger partial charge in [0.2, 0.25) is 0 Å². The largest absolute Gasteiger partial charge is 0.460 e. The van der Waals surface area contributed by atoms with Crippen molar-refractivity contribution in [3.8, 4) is 23.2 Å². The van der Waals surface area contributed by atoms with Crippen LogP contribution in [0.25, 0.3) is 44.4 Å². The Kier molecular flexibility index (Phi) is 8.02. The Bertz CT molecular complexity index is 1780. The average molecular weight is 584 g/mol. The number of furan rings is 2. The van der Waals surface area contributed by atoms with E-state index in [0.717, 1.165) is 27.7 Å². The van der Waals surface area contributed by atoms with Gasteiger partial charge in [-0.3, -0.25) is 10.1 Å². The summed E-state index contributed by atoms with van der Waals surface area (Å²) in [5.41, 5.74) is 7.67. The van der Waals surface area contributed by atoms with Crippen LogP contribution in [0, 0.1) is 0 Å². The Morgan fingerprint density at radius 1 is 1.07 bits per heavy atom. The summed E-state index contributed by atoms with van der Waals surface area (Å²) in [6.07, 6.45) is 3.78. The first-order valence-corrected chi connectivity index (χ1v) is 14.3. The fourth-order valence-electron chi connectivity index (χ4n) is 4.70. The number of nitrogens with zero attached hydrogens (tertiary/aromatic N) is 5. The van der Waals surface area contributed by atoms with Gasteiger partial charge in [-0.05, 0) is 50.7 Å². The molecule has 5 heterocycles. The lowest BCUT2D eigenvalue weighted by atomic mass is 10.2. The van der Waals surface area contributed by atoms with Crippen LogP contribution in [0.5, 0.6) is 0 Å². The zero-order valence-corrected chi connectivity index (χ0v) is 23.7. The van der Waals surface area contributed by atoms with E-state index in [1.807, 2.05) is 54.6 Å². The number of thiazole rings is 1. The Labute approximate surface area is 245 Å². The van der Waals surface area contributed by atoms with Crippen molar-refractivity contribution in [3.63, 3.8) is 0 Å². The number of likely N-dealkylation sites (tertiary alicyclic amines) is 1. The number of aliphatic hydroxyl groups is 1. The van der Waals surface area contributed by atoms with Crippen LogP contribution in [-0.4, -0.2) is 62.1 Å². The molecule has 4 N–H and O–H groups in total. The molecule has 42 heavy (non-hydrogen) atoms. The highest BCUT2D eigenvalue weighted by Crippen LogP contribution is 2.29. The average Bonchev–Trinajstić information content (AvgIpc) is 3.82. The third-order valence-electron chi connectivity index (χ3n) is 6.99. The van der Waals surface area contributed by atoms with Gasteiger partial charge < -0.3 is 24.6 Å². The predicted molar refractivity (Wildman–Crippen MR) is 161 cm³/mol. The molecule has 1 atom stereocenters. The summed E-state index contributed by atoms with van der Waals surface area (Å²) in [7, 11) is 2.06. The first-order chi connectivity index (χ1) is 20.5. The third-order valence-corrected chi connectivity index (χ3v) is 7.94. The molecule has 6 aromatic rings. The molecule has 2 aromatic carbocycles. The number of nitrogens with two attached hydrogens (primary N) is 1. The Morgan fingerprint density at radius 3 is 2.57 bits per heavy atom. The molecule has 0 bridgehead atoms. The van der Waals surface area contributed by atoms with Crippen molar-refractivity contribution in [2.45, 2.75) is 25.4 Å². The zero-order chi connectivity index (χ0) is 29.1. The fourth-order valence-corrected chi connectivity index (χ4v) is 5.56. The second-order valence-electron chi connectivity index (χ2n) is 9.85. The van der Waals surface area contributed by atoms with Crippen LogP contribution in [0.1, 0.15) is 29.0 Å². The molecule has 1 aliphatic heterocycles. The van der Waals surface area contributed by atoms with Gasteiger partial charge in [0.15, 0.2) is 28.3 Å². The summed E-state index contributed by atoms with van der Waals surface area (Å²) in [5.74, 6) is 1.41. The van der Waals surface area contributed by atoms with Gasteiger partial charge >= 0.3 is 0 Å². The molecule has 0 radical (unpaired) electrons. The summed E-state index contributed by atoms with van der Waals surface area (Å²) >= 11 is 1.40. The number of hydrogen-bond acceptors (Lipinski definition) is 11. The summed E-state index contributed by atoms with van der Waals surface area (Å²) in [4.78, 5) is 32.6. The normalized spacial score (nSPS) is 15.2. The second kappa shape index (κ2) is 12.2. The number of aromatic nitrogens is 4. The molecule has 0 aliphatic carbocycles. The van der Waals surface area contributed by atoms with Crippen LogP contribution in [0.15, 0.2) is 75.8 Å². The van der Waals surface area contributed by atoms with Gasteiger partial charge in [-0.2, -0.15) is 0 Å². The van der Waals surface area contributed by atoms with Gasteiger partial charge in [-0.15, -0.1) is 0 Å². The van der Waals surface area contributed by atoms with Gasteiger partial charge in [-0.1, -0.05) is 41.7 Å². The minimum atomic E-state index is -0.348. The molecule has 11 nitrogen and oxygen atoms in total. The molecular formula is C30H29N7O4S. The topological polar surface area (TPSA) is 156 Å². The predicted octanol–water partition coefficient (Wildman–Crippen LogP) is 4.94. The Morgan fingerprint density at radius 2 is 1.86 bits per heavy atom. The van der Waals surface area contributed by atoms with Gasteiger partial charge in [0, 0.05) is 17.5 Å². The highest BCUT2D eigenvalue weighted by atomic mass is 32.1. The van der Waals surface area contributed by atoms with E-state index in [2.05, 4.69) is 37.2 Å². The Hall–Kier alpha value is -4.49. The number of carbonyl (C=O) groups is 1. The number of amides is 1. The second-order valence-corrected chi connectivity index (χ2v) is 10.9. The van der Waals surface area contributed by atoms with E-state index in [-0.39, 0.29) is 18.3 Å². The number of rotatable bonds is 6. The number of hydrogen-bond donors (Lipinski definition) is 3. The van der Waals surface area contributed by atoms with E-state index in [0.29, 0.717) is 46.5 Å². The molecule has 1 saturated heterocycles. The number of carbonyl (C=O) groups excluding carboxylic acids is 1. The van der Waals surface area contributed by atoms with E-state index in [4.69, 9.17) is 19.7 Å². The van der Waals surface area contributed by atoms with Crippen molar-refractivity contribution in [1.82, 2.24) is 24.8 Å². The summed E-state index contributed by atoms with van der Waals surface area (Å²) in [6, 6.07) is 19.2. The maximum atomic E-state index is 12.8. The van der Waals surface area contributed by atoms with Crippen molar-refractivity contribution in [2.75, 3.05) is 25.5 Å². The SMILES string of the molecule is CN1CCCC1CO.NCc1nc(-c2cc(C(=O)Nc3nc4ccccc4s3)co2)nc(-c2cc3ccccc3o2)n1. The molecule has 4 aromatic heterocycles. The molecule has 1 unspecified atom stereocenters. The van der Waals surface area contributed by atoms with Crippen molar-refractivity contribution in [2.24, 2.45) is 5.73 Å². The molecule has 1 fully saturated rings. The summed E-state index contributed by atoms with van der Waals surface area (Å²) in [6.45, 7) is 1.59. The lowest BCUT2D eigenvalue weighted by Crippen LogP contribution is -2.27. The van der Waals surface area contributed by atoms with Crippen molar-refractivity contribution < 1.29 is 18.7 Å². The molecule has 7 rings (SSSR count). The molecule has 12 heteroatoms. The maximum absolute atomic E-state index is 12.8. The number of aliphatic hydroxyl groups excluding tert-OH is 1. The number of nitrogens with one attached hydrogen (secondary N) is 1. The molecular weight excluding hydrogens is 554 g/mol. The lowest BCUT2D eigenvalue weighted by Gasteiger charge is -2.15. The van der Waals surface area contributed by atoms with Crippen LogP contribution in [0.2, 0.25) is 0 Å². The monoisotopic (exact) mass is 583 g/mol. The third kappa shape index (κ3) is 5.92. The van der Waals surface area contributed by atoms with Gasteiger partial charge in [0.1, 0.15) is 17.7 Å². The van der Waals surface area contributed by atoms with E-state index < -0.39 is 0 Å². The van der Waals surface area contributed by atoms with Crippen LogP contribution < -0.4 is 11.1 Å². The van der Waals surface area contributed by atoms with E-state index in [9.17, 15) is 4.79 Å². The van der Waals surface area contributed by atoms with E-state index in [1.54, 1.807) is 6.07 Å². The molecule has 0 saturated carbocycles. The van der Waals surface area contributed by atoms with Gasteiger partial charge in [0.25, 0.3) is 5.91 Å². The lowest BCUT2D eigenvalue weighted by molar-refractivity contribution is 0.102. The fraction of sp³-hybridized carbons (Fsp3) is 0.233. The number of likely N-dealkylation sites (N-methyl/N-ethyl adjacent to an activating group) is 1. The number of anilines is 1. The quantitative estimate of drug-likeness (QED) is 0.245. The standard InChI is InChI=1S/C24H16N6O3S.C6H13NO/c25-11-20-27-21(29-22(28-20)18-9-13-5-1-3-7-16(13)33-18)17-10-14(12-32-17)23(31)30-24-26-15-6-2-4-8-19(15)34-24;1-7-4-2-3-6(7)5-8/h1-10,12H,11,25H2,(H,26,30,31);6,8H,2-5H2,1H3. The zero-order valence-electron chi connectivity index (χ0n) is 22.9. The van der Waals surface area contributed by atoms with Crippen molar-refractivity contribution in [1.29, 1.82) is 0 Å². The molecule has 214 valence electrons. The minimum absolute atomic E-state index is 0.106. The van der Waals surface area contributed by atoms with E-state index in [1.165, 1.54) is 30.4 Å². The highest BCUT2D eigenvalue weighted by Gasteiger charge is 2.20. The molecule has 1 amide bonds. The van der Waals surface area contributed by atoms with Crippen LogP contribution in [0.3, 0.4) is 0 Å². The maximum Gasteiger partial charge on any atom is 0.260 e. The minimum Gasteiger partial charge on any atom is -0.460 e. The van der Waals surface area contributed by atoms with Gasteiger partial charge in [-0.25, -0.2) is 19.9 Å². The van der Waals surface area contributed by atoms with Crippen LogP contribution in [-0.2, 0) is 6.54 Å². The molecule has 0 spiro atoms.